The average Bonchev–Trinajstić information content (AvgIpc) is 2.71. The quantitative estimate of drug-likeness (QED) is 0.858. The van der Waals surface area contributed by atoms with Gasteiger partial charge in [-0.2, -0.15) is 0 Å². The van der Waals surface area contributed by atoms with E-state index in [0.717, 1.165) is 24.8 Å². The molecule has 0 spiro atoms. The molecule has 0 aromatic heterocycles. The van der Waals surface area contributed by atoms with Crippen LogP contribution in [0.5, 0.6) is 0 Å². The highest BCUT2D eigenvalue weighted by atomic mass is 19.1. The van der Waals surface area contributed by atoms with Crippen LogP contribution in [0.3, 0.4) is 0 Å². The Morgan fingerprint density at radius 2 is 1.78 bits per heavy atom. The maximum Gasteiger partial charge on any atom is 0.123 e. The lowest BCUT2D eigenvalue weighted by molar-refractivity contribution is 0.438. The highest BCUT2D eigenvalue weighted by Crippen LogP contribution is 2.37. The smallest absolute Gasteiger partial charge is 0.123 e. The van der Waals surface area contributed by atoms with Crippen LogP contribution in [0.25, 0.3) is 0 Å². The monoisotopic (exact) mass is 241 g/mol. The van der Waals surface area contributed by atoms with Crippen LogP contribution in [0.1, 0.15) is 23.1 Å². The van der Waals surface area contributed by atoms with Crippen molar-refractivity contribution in [2.24, 2.45) is 5.73 Å². The van der Waals surface area contributed by atoms with Crippen molar-refractivity contribution in [3.05, 3.63) is 71.0 Å². The molecule has 0 saturated heterocycles. The fourth-order valence-electron chi connectivity index (χ4n) is 2.87. The predicted molar refractivity (Wildman–Crippen MR) is 70.7 cm³/mol. The van der Waals surface area contributed by atoms with Gasteiger partial charge in [-0.25, -0.2) is 4.39 Å². The molecule has 0 aliphatic heterocycles. The molecule has 2 aromatic rings. The van der Waals surface area contributed by atoms with Crippen molar-refractivity contribution in [2.45, 2.75) is 24.8 Å². The molecule has 3 rings (SSSR count). The first-order valence-corrected chi connectivity index (χ1v) is 6.29. The van der Waals surface area contributed by atoms with E-state index in [4.69, 9.17) is 5.73 Å². The molecule has 2 aromatic carbocycles. The second-order valence-corrected chi connectivity index (χ2v) is 5.12. The Kier molecular flexibility index (Phi) is 2.67. The second kappa shape index (κ2) is 4.21. The first-order valence-electron chi connectivity index (χ1n) is 6.29. The molecule has 1 aliphatic carbocycles. The minimum Gasteiger partial charge on any atom is -0.321 e. The Morgan fingerprint density at radius 3 is 2.56 bits per heavy atom. The fraction of sp³-hybridized carbons (Fsp3) is 0.250. The van der Waals surface area contributed by atoms with E-state index < -0.39 is 0 Å². The van der Waals surface area contributed by atoms with Crippen molar-refractivity contribution in [1.29, 1.82) is 0 Å². The summed E-state index contributed by atoms with van der Waals surface area (Å²) in [4.78, 5) is 0. The first-order chi connectivity index (χ1) is 8.67. The third kappa shape index (κ3) is 1.93. The molecule has 18 heavy (non-hydrogen) atoms. The Balaban J connectivity index is 1.91. The summed E-state index contributed by atoms with van der Waals surface area (Å²) in [7, 11) is 0. The summed E-state index contributed by atoms with van der Waals surface area (Å²) in [6, 6.07) is 15.0. The van der Waals surface area contributed by atoms with Gasteiger partial charge in [0.15, 0.2) is 0 Å². The summed E-state index contributed by atoms with van der Waals surface area (Å²) in [5, 5.41) is 0. The van der Waals surface area contributed by atoms with Crippen LogP contribution >= 0.6 is 0 Å². The number of fused-ring (bicyclic) bond motifs is 1. The highest BCUT2D eigenvalue weighted by Gasteiger charge is 2.34. The van der Waals surface area contributed by atoms with E-state index in [9.17, 15) is 4.39 Å². The summed E-state index contributed by atoms with van der Waals surface area (Å²) < 4.78 is 12.9. The molecule has 1 unspecified atom stereocenters. The molecule has 0 saturated carbocycles. The summed E-state index contributed by atoms with van der Waals surface area (Å²) in [6.45, 7) is 0. The van der Waals surface area contributed by atoms with Crippen molar-refractivity contribution >= 4 is 0 Å². The van der Waals surface area contributed by atoms with Crippen LogP contribution in [-0.2, 0) is 18.4 Å². The molecular formula is C16H16FN. The number of nitrogens with two attached hydrogens (primary N) is 1. The molecule has 2 heteroatoms. The standard InChI is InChI=1S/C16H16FN/c17-14-7-5-12(6-8-14)11-16(18)10-9-13-3-1-2-4-15(13)16/h1-8H,9-11,18H2. The van der Waals surface area contributed by atoms with Crippen LogP contribution < -0.4 is 5.73 Å². The number of halogens is 1. The van der Waals surface area contributed by atoms with E-state index >= 15 is 0 Å². The van der Waals surface area contributed by atoms with Crippen molar-refractivity contribution in [2.75, 3.05) is 0 Å². The Hall–Kier alpha value is -1.67. The normalized spacial score (nSPS) is 21.9. The lowest BCUT2D eigenvalue weighted by Gasteiger charge is -2.25. The second-order valence-electron chi connectivity index (χ2n) is 5.12. The first kappa shape index (κ1) is 11.4. The van der Waals surface area contributed by atoms with E-state index in [1.807, 2.05) is 18.2 Å². The van der Waals surface area contributed by atoms with Crippen LogP contribution in [0.15, 0.2) is 48.5 Å². The van der Waals surface area contributed by atoms with Crippen LogP contribution in [0.4, 0.5) is 4.39 Å². The number of rotatable bonds is 2. The van der Waals surface area contributed by atoms with Gasteiger partial charge in [0.05, 0.1) is 0 Å². The lowest BCUT2D eigenvalue weighted by atomic mass is 9.86. The molecule has 0 radical (unpaired) electrons. The summed E-state index contributed by atoms with van der Waals surface area (Å²) in [5.41, 5.74) is 9.94. The zero-order valence-electron chi connectivity index (χ0n) is 10.2. The van der Waals surface area contributed by atoms with Gasteiger partial charge in [0, 0.05) is 5.54 Å². The summed E-state index contributed by atoms with van der Waals surface area (Å²) >= 11 is 0. The fourth-order valence-corrected chi connectivity index (χ4v) is 2.87. The maximum absolute atomic E-state index is 12.9. The molecule has 92 valence electrons. The van der Waals surface area contributed by atoms with Crippen LogP contribution in [-0.4, -0.2) is 0 Å². The minimum atomic E-state index is -0.297. The molecule has 1 aliphatic rings. The van der Waals surface area contributed by atoms with Gasteiger partial charge in [0.2, 0.25) is 0 Å². The van der Waals surface area contributed by atoms with Gasteiger partial charge in [-0.3, -0.25) is 0 Å². The molecule has 0 bridgehead atoms. The van der Waals surface area contributed by atoms with Gasteiger partial charge in [0.25, 0.3) is 0 Å². The van der Waals surface area contributed by atoms with E-state index in [1.54, 1.807) is 0 Å². The zero-order chi connectivity index (χ0) is 12.6. The van der Waals surface area contributed by atoms with Crippen molar-refractivity contribution < 1.29 is 4.39 Å². The zero-order valence-corrected chi connectivity index (χ0v) is 10.2. The third-order valence-corrected chi connectivity index (χ3v) is 3.83. The molecule has 0 heterocycles. The minimum absolute atomic E-state index is 0.198. The molecular weight excluding hydrogens is 225 g/mol. The van der Waals surface area contributed by atoms with Crippen molar-refractivity contribution in [1.82, 2.24) is 0 Å². The highest BCUT2D eigenvalue weighted by molar-refractivity contribution is 5.40. The van der Waals surface area contributed by atoms with E-state index in [0.29, 0.717) is 0 Å². The average molecular weight is 241 g/mol. The van der Waals surface area contributed by atoms with Gasteiger partial charge in [-0.15, -0.1) is 0 Å². The SMILES string of the molecule is NC1(Cc2ccc(F)cc2)CCc2ccccc21. The maximum atomic E-state index is 12.9. The molecule has 0 amide bonds. The van der Waals surface area contributed by atoms with Gasteiger partial charge in [0.1, 0.15) is 5.82 Å². The number of hydrogen-bond acceptors (Lipinski definition) is 1. The summed E-state index contributed by atoms with van der Waals surface area (Å²) in [6.07, 6.45) is 2.77. The molecule has 2 N–H and O–H groups in total. The van der Waals surface area contributed by atoms with E-state index in [1.165, 1.54) is 23.3 Å². The van der Waals surface area contributed by atoms with Gasteiger partial charge < -0.3 is 5.73 Å². The topological polar surface area (TPSA) is 26.0 Å². The third-order valence-electron chi connectivity index (χ3n) is 3.83. The number of aryl methyl sites for hydroxylation is 1. The van der Waals surface area contributed by atoms with E-state index in [-0.39, 0.29) is 11.4 Å². The summed E-state index contributed by atoms with van der Waals surface area (Å²) in [5.74, 6) is -0.198. The lowest BCUT2D eigenvalue weighted by Crippen LogP contribution is -2.36. The Morgan fingerprint density at radius 1 is 1.06 bits per heavy atom. The van der Waals surface area contributed by atoms with E-state index in [2.05, 4.69) is 18.2 Å². The van der Waals surface area contributed by atoms with Gasteiger partial charge >= 0.3 is 0 Å². The molecule has 0 fully saturated rings. The van der Waals surface area contributed by atoms with Gasteiger partial charge in [-0.05, 0) is 48.1 Å². The van der Waals surface area contributed by atoms with Crippen molar-refractivity contribution in [3.63, 3.8) is 0 Å². The molecule has 1 nitrogen and oxygen atoms in total. The largest absolute Gasteiger partial charge is 0.321 e. The Labute approximate surface area is 106 Å². The predicted octanol–water partition coefficient (Wildman–Crippen LogP) is 3.17. The molecule has 1 atom stereocenters. The van der Waals surface area contributed by atoms with Gasteiger partial charge in [-0.1, -0.05) is 36.4 Å². The van der Waals surface area contributed by atoms with Crippen molar-refractivity contribution in [3.8, 4) is 0 Å². The number of benzene rings is 2. The van der Waals surface area contributed by atoms with Crippen LogP contribution in [0.2, 0.25) is 0 Å². The van der Waals surface area contributed by atoms with Crippen LogP contribution in [0, 0.1) is 5.82 Å². The Bertz CT molecular complexity index is 562. The number of hydrogen-bond donors (Lipinski definition) is 1.